The molecule has 1 heterocycles. The molecule has 1 saturated heterocycles. The van der Waals surface area contributed by atoms with Gasteiger partial charge in [0.25, 0.3) is 0 Å². The van der Waals surface area contributed by atoms with Gasteiger partial charge in [0.15, 0.2) is 0 Å². The van der Waals surface area contributed by atoms with E-state index < -0.39 is 0 Å². The summed E-state index contributed by atoms with van der Waals surface area (Å²) in [5.41, 5.74) is 2.86. The van der Waals surface area contributed by atoms with E-state index in [1.54, 1.807) is 4.90 Å². The Morgan fingerprint density at radius 3 is 2.41 bits per heavy atom. The van der Waals surface area contributed by atoms with Crippen LogP contribution in [0.5, 0.6) is 0 Å². The Morgan fingerprint density at radius 1 is 1.06 bits per heavy atom. The number of aryl methyl sites for hydroxylation is 1. The lowest BCUT2D eigenvalue weighted by molar-refractivity contribution is -0.117. The van der Waals surface area contributed by atoms with Crippen molar-refractivity contribution >= 4 is 24.1 Å². The average Bonchev–Trinajstić information content (AvgIpc) is 3.08. The standard InChI is InChI=1S/C25H36N2O3.C2H6/c1-20-7-6-10-24(26-25(29)17-21-8-4-2-3-5-9-21)23(20)11-14-27(19-28)18-22-12-15-30-16-13-22;1-2/h6-7,10-11,14,19,21-22H,2-5,8-9,12-13,15-18H2,1H3,(H,26,29);1-2H3/b14-11-;. The third kappa shape index (κ3) is 8.78. The maximum absolute atomic E-state index is 12.7. The Balaban J connectivity index is 0.00000176. The van der Waals surface area contributed by atoms with Crippen molar-refractivity contribution in [3.05, 3.63) is 35.5 Å². The van der Waals surface area contributed by atoms with Gasteiger partial charge in [-0.25, -0.2) is 0 Å². The van der Waals surface area contributed by atoms with E-state index >= 15 is 0 Å². The zero-order valence-electron chi connectivity index (χ0n) is 20.3. The van der Waals surface area contributed by atoms with Crippen LogP contribution in [0.15, 0.2) is 24.4 Å². The van der Waals surface area contributed by atoms with Crippen molar-refractivity contribution in [2.45, 2.75) is 78.6 Å². The minimum atomic E-state index is 0.0941. The molecule has 0 unspecified atom stereocenters. The molecule has 178 valence electrons. The van der Waals surface area contributed by atoms with E-state index in [0.717, 1.165) is 62.1 Å². The second-order valence-electron chi connectivity index (χ2n) is 8.82. The summed E-state index contributed by atoms with van der Waals surface area (Å²) in [6.45, 7) is 8.29. The fraction of sp³-hybridized carbons (Fsp3) is 0.630. The number of ether oxygens (including phenoxy) is 1. The van der Waals surface area contributed by atoms with Gasteiger partial charge in [0.05, 0.1) is 0 Å². The van der Waals surface area contributed by atoms with E-state index in [-0.39, 0.29) is 5.91 Å². The first-order valence-electron chi connectivity index (χ1n) is 12.5. The second-order valence-corrected chi connectivity index (χ2v) is 8.82. The summed E-state index contributed by atoms with van der Waals surface area (Å²) in [6.07, 6.45) is 14.7. The average molecular weight is 443 g/mol. The number of carbonyl (C=O) groups excluding carboxylic acids is 2. The zero-order valence-corrected chi connectivity index (χ0v) is 20.3. The van der Waals surface area contributed by atoms with Crippen LogP contribution in [0.1, 0.15) is 82.8 Å². The summed E-state index contributed by atoms with van der Waals surface area (Å²) >= 11 is 0. The van der Waals surface area contributed by atoms with Gasteiger partial charge in [-0.3, -0.25) is 9.59 Å². The smallest absolute Gasteiger partial charge is 0.224 e. The largest absolute Gasteiger partial charge is 0.381 e. The molecule has 1 N–H and O–H groups in total. The van der Waals surface area contributed by atoms with E-state index in [4.69, 9.17) is 4.74 Å². The molecule has 1 saturated carbocycles. The Labute approximate surface area is 194 Å². The van der Waals surface area contributed by atoms with Gasteiger partial charge in [-0.15, -0.1) is 0 Å². The van der Waals surface area contributed by atoms with Gasteiger partial charge in [-0.05, 0) is 62.1 Å². The number of hydrogen-bond acceptors (Lipinski definition) is 3. The van der Waals surface area contributed by atoms with E-state index in [1.807, 2.05) is 51.2 Å². The summed E-state index contributed by atoms with van der Waals surface area (Å²) < 4.78 is 5.41. The monoisotopic (exact) mass is 442 g/mol. The van der Waals surface area contributed by atoms with E-state index in [2.05, 4.69) is 5.32 Å². The number of rotatable bonds is 8. The SMILES string of the molecule is CC.Cc1cccc(NC(=O)CC2CCCCCC2)c1/C=C\N(C=O)CC1CCOCC1. The van der Waals surface area contributed by atoms with Crippen molar-refractivity contribution < 1.29 is 14.3 Å². The van der Waals surface area contributed by atoms with Gasteiger partial charge in [0.1, 0.15) is 0 Å². The highest BCUT2D eigenvalue weighted by Gasteiger charge is 2.18. The van der Waals surface area contributed by atoms with Crippen molar-refractivity contribution in [2.75, 3.05) is 25.1 Å². The molecule has 1 aromatic carbocycles. The number of hydrogen-bond donors (Lipinski definition) is 1. The van der Waals surface area contributed by atoms with Gasteiger partial charge >= 0.3 is 0 Å². The molecular weight excluding hydrogens is 400 g/mol. The molecule has 32 heavy (non-hydrogen) atoms. The van der Waals surface area contributed by atoms with Crippen LogP contribution in [0.2, 0.25) is 0 Å². The highest BCUT2D eigenvalue weighted by Crippen LogP contribution is 2.27. The summed E-state index contributed by atoms with van der Waals surface area (Å²) in [7, 11) is 0. The fourth-order valence-corrected chi connectivity index (χ4v) is 4.58. The topological polar surface area (TPSA) is 58.6 Å². The van der Waals surface area contributed by atoms with Crippen molar-refractivity contribution in [1.82, 2.24) is 4.90 Å². The van der Waals surface area contributed by atoms with E-state index in [9.17, 15) is 9.59 Å². The molecule has 1 aromatic rings. The van der Waals surface area contributed by atoms with Gasteiger partial charge in [0, 0.05) is 43.6 Å². The maximum atomic E-state index is 12.7. The number of anilines is 1. The van der Waals surface area contributed by atoms with Crippen LogP contribution < -0.4 is 5.32 Å². The highest BCUT2D eigenvalue weighted by atomic mass is 16.5. The summed E-state index contributed by atoms with van der Waals surface area (Å²) in [5.74, 6) is 1.07. The Bertz CT molecular complexity index is 718. The van der Waals surface area contributed by atoms with Crippen LogP contribution in [0.25, 0.3) is 6.08 Å². The third-order valence-corrected chi connectivity index (χ3v) is 6.42. The Hall–Kier alpha value is -2.14. The van der Waals surface area contributed by atoms with Crippen molar-refractivity contribution in [2.24, 2.45) is 11.8 Å². The molecule has 2 fully saturated rings. The first-order chi connectivity index (χ1) is 15.7. The fourth-order valence-electron chi connectivity index (χ4n) is 4.58. The molecule has 5 heteroatoms. The molecule has 2 amide bonds. The first kappa shape index (κ1) is 26.1. The number of amides is 2. The minimum Gasteiger partial charge on any atom is -0.381 e. The molecule has 2 aliphatic rings. The third-order valence-electron chi connectivity index (χ3n) is 6.42. The van der Waals surface area contributed by atoms with Gasteiger partial charge < -0.3 is 15.0 Å². The number of benzene rings is 1. The number of nitrogens with one attached hydrogen (secondary N) is 1. The molecule has 5 nitrogen and oxygen atoms in total. The maximum Gasteiger partial charge on any atom is 0.224 e. The molecule has 3 rings (SSSR count). The molecule has 0 spiro atoms. The molecule has 0 atom stereocenters. The number of nitrogens with zero attached hydrogens (tertiary/aromatic N) is 1. The van der Waals surface area contributed by atoms with Crippen molar-refractivity contribution in [1.29, 1.82) is 0 Å². The van der Waals surface area contributed by atoms with E-state index in [0.29, 0.717) is 24.8 Å². The summed E-state index contributed by atoms with van der Waals surface area (Å²) in [5, 5.41) is 3.13. The van der Waals surface area contributed by atoms with Crippen LogP contribution in [0.3, 0.4) is 0 Å². The van der Waals surface area contributed by atoms with Crippen LogP contribution in [-0.2, 0) is 14.3 Å². The quantitative estimate of drug-likeness (QED) is 0.386. The molecule has 0 radical (unpaired) electrons. The molecule has 0 bridgehead atoms. The molecular formula is C27H42N2O3. The summed E-state index contributed by atoms with van der Waals surface area (Å²) in [4.78, 5) is 26.0. The zero-order chi connectivity index (χ0) is 23.2. The minimum absolute atomic E-state index is 0.0941. The predicted molar refractivity (Wildman–Crippen MR) is 132 cm³/mol. The van der Waals surface area contributed by atoms with Crippen molar-refractivity contribution in [3.63, 3.8) is 0 Å². The van der Waals surface area contributed by atoms with Crippen LogP contribution in [0, 0.1) is 18.8 Å². The van der Waals surface area contributed by atoms with Gasteiger partial charge in [-0.1, -0.05) is 51.7 Å². The van der Waals surface area contributed by atoms with Crippen LogP contribution >= 0.6 is 0 Å². The molecule has 0 aromatic heterocycles. The lowest BCUT2D eigenvalue weighted by Gasteiger charge is -2.25. The lowest BCUT2D eigenvalue weighted by atomic mass is 9.96. The molecule has 1 aliphatic heterocycles. The second kappa shape index (κ2) is 14.8. The van der Waals surface area contributed by atoms with Crippen molar-refractivity contribution in [3.8, 4) is 0 Å². The normalized spacial score (nSPS) is 17.8. The molecule has 1 aliphatic carbocycles. The van der Waals surface area contributed by atoms with Gasteiger partial charge in [-0.2, -0.15) is 0 Å². The highest BCUT2D eigenvalue weighted by molar-refractivity contribution is 5.93. The summed E-state index contributed by atoms with van der Waals surface area (Å²) in [6, 6.07) is 5.94. The Kier molecular flexibility index (Phi) is 12.1. The Morgan fingerprint density at radius 2 is 1.75 bits per heavy atom. The predicted octanol–water partition coefficient (Wildman–Crippen LogP) is 6.18. The van der Waals surface area contributed by atoms with E-state index in [1.165, 1.54) is 25.7 Å². The first-order valence-corrected chi connectivity index (χ1v) is 12.5. The van der Waals surface area contributed by atoms with Crippen LogP contribution in [-0.4, -0.2) is 37.0 Å². The van der Waals surface area contributed by atoms with Gasteiger partial charge in [0.2, 0.25) is 12.3 Å². The van der Waals surface area contributed by atoms with Crippen LogP contribution in [0.4, 0.5) is 5.69 Å². The number of carbonyl (C=O) groups is 2. The lowest BCUT2D eigenvalue weighted by Crippen LogP contribution is -2.28.